The minimum Gasteiger partial charge on any atom is -0.497 e. The van der Waals surface area contributed by atoms with Crippen molar-refractivity contribution in [3.05, 3.63) is 58.5 Å². The van der Waals surface area contributed by atoms with E-state index in [1.807, 2.05) is 42.5 Å². The van der Waals surface area contributed by atoms with Crippen LogP contribution in [-0.4, -0.2) is 50.0 Å². The van der Waals surface area contributed by atoms with Crippen LogP contribution < -0.4 is 15.4 Å². The topological polar surface area (TPSA) is 70.7 Å². The molecule has 2 N–H and O–H groups in total. The molecule has 0 spiro atoms. The second-order valence-electron chi connectivity index (χ2n) is 9.36. The third-order valence-corrected chi connectivity index (χ3v) is 7.33. The van der Waals surface area contributed by atoms with Crippen LogP contribution >= 0.6 is 11.8 Å². The molecule has 2 amide bonds. The van der Waals surface area contributed by atoms with Crippen LogP contribution in [0.3, 0.4) is 0 Å². The number of nitrogens with one attached hydrogen (secondary N) is 2. The Morgan fingerprint density at radius 3 is 2.62 bits per heavy atom. The van der Waals surface area contributed by atoms with Gasteiger partial charge in [0.2, 0.25) is 0 Å². The molecule has 0 aliphatic carbocycles. The van der Waals surface area contributed by atoms with E-state index in [-0.39, 0.29) is 11.8 Å². The van der Waals surface area contributed by atoms with Gasteiger partial charge in [-0.15, -0.1) is 0 Å². The summed E-state index contributed by atoms with van der Waals surface area (Å²) in [6, 6.07) is 13.0. The summed E-state index contributed by atoms with van der Waals surface area (Å²) in [4.78, 5) is 29.3. The quantitative estimate of drug-likeness (QED) is 0.438. The van der Waals surface area contributed by atoms with E-state index in [9.17, 15) is 9.59 Å². The molecule has 0 saturated carbocycles. The van der Waals surface area contributed by atoms with Gasteiger partial charge in [-0.05, 0) is 73.2 Å². The van der Waals surface area contributed by atoms with Gasteiger partial charge in [-0.2, -0.15) is 0 Å². The van der Waals surface area contributed by atoms with Gasteiger partial charge in [0, 0.05) is 30.1 Å². The predicted octanol–water partition coefficient (Wildman–Crippen LogP) is 4.88. The van der Waals surface area contributed by atoms with Crippen LogP contribution in [0.5, 0.6) is 5.75 Å². The van der Waals surface area contributed by atoms with Gasteiger partial charge in [0.25, 0.3) is 11.8 Å². The van der Waals surface area contributed by atoms with E-state index in [1.54, 1.807) is 13.2 Å². The highest BCUT2D eigenvalue weighted by molar-refractivity contribution is 8.04. The minimum atomic E-state index is -0.170. The number of ether oxygens (including phenoxy) is 1. The maximum absolute atomic E-state index is 12.7. The van der Waals surface area contributed by atoms with E-state index < -0.39 is 0 Å². The molecule has 0 radical (unpaired) electrons. The van der Waals surface area contributed by atoms with Crippen LogP contribution in [0.4, 0.5) is 5.69 Å². The molecule has 1 saturated heterocycles. The first-order chi connectivity index (χ1) is 16.4. The SMILES string of the molecule is COc1ccc(/C=C2/Sc3ccc(C(=O)NCCCN4C[C@H](C)C[C@@H](C)C4)cc3NC2=O)cc1. The monoisotopic (exact) mass is 479 g/mol. The number of carbonyl (C=O) groups is 2. The average Bonchev–Trinajstić information content (AvgIpc) is 2.82. The lowest BCUT2D eigenvalue weighted by Gasteiger charge is -2.34. The molecule has 6 nitrogen and oxygen atoms in total. The molecule has 2 aliphatic rings. The molecule has 2 heterocycles. The van der Waals surface area contributed by atoms with Crippen LogP contribution in [0, 0.1) is 11.8 Å². The number of hydrogen-bond acceptors (Lipinski definition) is 5. The van der Waals surface area contributed by atoms with Gasteiger partial charge in [0.05, 0.1) is 17.7 Å². The summed E-state index contributed by atoms with van der Waals surface area (Å²) in [7, 11) is 1.62. The Hall–Kier alpha value is -2.77. The largest absolute Gasteiger partial charge is 0.497 e. The highest BCUT2D eigenvalue weighted by Gasteiger charge is 2.23. The van der Waals surface area contributed by atoms with Crippen molar-refractivity contribution in [2.24, 2.45) is 11.8 Å². The summed E-state index contributed by atoms with van der Waals surface area (Å²) in [6.07, 6.45) is 4.09. The summed E-state index contributed by atoms with van der Waals surface area (Å²) in [5, 5.41) is 5.95. The molecular formula is C27H33N3O3S. The maximum Gasteiger partial charge on any atom is 0.262 e. The molecule has 2 aromatic rings. The smallest absolute Gasteiger partial charge is 0.262 e. The van der Waals surface area contributed by atoms with Gasteiger partial charge in [0.1, 0.15) is 5.75 Å². The standard InChI is InChI=1S/C27H33N3O3S/c1-18-13-19(2)17-30(16-18)12-4-11-28-26(31)21-7-10-24-23(15-21)29-27(32)25(34-24)14-20-5-8-22(33-3)9-6-20/h5-10,14-15,18-19H,4,11-13,16-17H2,1-3H3,(H,28,31)(H,29,32)/b25-14+/t18-,19-/m1/s1. The molecular weight excluding hydrogens is 446 g/mol. The number of rotatable bonds is 7. The van der Waals surface area contributed by atoms with Crippen molar-refractivity contribution in [1.82, 2.24) is 10.2 Å². The van der Waals surface area contributed by atoms with Crippen LogP contribution in [0.2, 0.25) is 0 Å². The van der Waals surface area contributed by atoms with Crippen molar-refractivity contribution >= 4 is 35.3 Å². The number of carbonyl (C=O) groups excluding carboxylic acids is 2. The Morgan fingerprint density at radius 2 is 1.91 bits per heavy atom. The third-order valence-electron chi connectivity index (χ3n) is 6.23. The number of piperidine rings is 1. The Balaban J connectivity index is 1.32. The number of fused-ring (bicyclic) bond motifs is 1. The Bertz CT molecular complexity index is 1060. The second kappa shape index (κ2) is 11.1. The molecule has 7 heteroatoms. The Kier molecular flexibility index (Phi) is 7.95. The lowest BCUT2D eigenvalue weighted by Crippen LogP contribution is -2.40. The summed E-state index contributed by atoms with van der Waals surface area (Å²) in [5.74, 6) is 1.98. The molecule has 180 valence electrons. The first-order valence-corrected chi connectivity index (χ1v) is 12.7. The number of amides is 2. The number of methoxy groups -OCH3 is 1. The van der Waals surface area contributed by atoms with Crippen LogP contribution in [0.1, 0.15) is 42.6 Å². The van der Waals surface area contributed by atoms with Crippen LogP contribution in [0.25, 0.3) is 6.08 Å². The van der Waals surface area contributed by atoms with Gasteiger partial charge < -0.3 is 20.3 Å². The lowest BCUT2D eigenvalue weighted by molar-refractivity contribution is -0.112. The van der Waals surface area contributed by atoms with E-state index in [1.165, 1.54) is 18.2 Å². The van der Waals surface area contributed by atoms with E-state index >= 15 is 0 Å². The number of hydrogen-bond donors (Lipinski definition) is 2. The number of benzene rings is 2. The summed E-state index contributed by atoms with van der Waals surface area (Å²) in [6.45, 7) is 8.58. The Morgan fingerprint density at radius 1 is 1.18 bits per heavy atom. The van der Waals surface area contributed by atoms with E-state index in [2.05, 4.69) is 29.4 Å². The molecule has 34 heavy (non-hydrogen) atoms. The van der Waals surface area contributed by atoms with E-state index in [0.717, 1.165) is 54.1 Å². The van der Waals surface area contributed by atoms with Crippen molar-refractivity contribution in [2.45, 2.75) is 31.6 Å². The summed E-state index contributed by atoms with van der Waals surface area (Å²) < 4.78 is 5.18. The number of thioether (sulfide) groups is 1. The van der Waals surface area contributed by atoms with Gasteiger partial charge in [0.15, 0.2) is 0 Å². The van der Waals surface area contributed by atoms with Gasteiger partial charge in [-0.3, -0.25) is 9.59 Å². The molecule has 0 bridgehead atoms. The van der Waals surface area contributed by atoms with Crippen molar-refractivity contribution < 1.29 is 14.3 Å². The van der Waals surface area contributed by atoms with Crippen molar-refractivity contribution in [3.63, 3.8) is 0 Å². The molecule has 2 atom stereocenters. The van der Waals surface area contributed by atoms with Crippen LogP contribution in [0.15, 0.2) is 52.3 Å². The maximum atomic E-state index is 12.7. The molecule has 2 aromatic carbocycles. The minimum absolute atomic E-state index is 0.109. The van der Waals surface area contributed by atoms with Gasteiger partial charge in [-0.25, -0.2) is 0 Å². The van der Waals surface area contributed by atoms with Crippen molar-refractivity contribution in [2.75, 3.05) is 38.6 Å². The second-order valence-corrected chi connectivity index (χ2v) is 10.4. The molecule has 1 fully saturated rings. The molecule has 0 unspecified atom stereocenters. The fourth-order valence-electron chi connectivity index (χ4n) is 4.73. The highest BCUT2D eigenvalue weighted by Crippen LogP contribution is 2.39. The number of nitrogens with zero attached hydrogens (tertiary/aromatic N) is 1. The fourth-order valence-corrected chi connectivity index (χ4v) is 5.67. The van der Waals surface area contributed by atoms with Crippen molar-refractivity contribution in [1.29, 1.82) is 0 Å². The lowest BCUT2D eigenvalue weighted by atomic mass is 9.92. The zero-order valence-corrected chi connectivity index (χ0v) is 20.9. The molecule has 2 aliphatic heterocycles. The van der Waals surface area contributed by atoms with Crippen molar-refractivity contribution in [3.8, 4) is 5.75 Å². The van der Waals surface area contributed by atoms with Crippen LogP contribution in [-0.2, 0) is 4.79 Å². The van der Waals surface area contributed by atoms with Gasteiger partial charge >= 0.3 is 0 Å². The first-order valence-electron chi connectivity index (χ1n) is 11.9. The summed E-state index contributed by atoms with van der Waals surface area (Å²) >= 11 is 1.41. The van der Waals surface area contributed by atoms with Gasteiger partial charge in [-0.1, -0.05) is 37.7 Å². The fraction of sp³-hybridized carbons (Fsp3) is 0.407. The molecule has 0 aromatic heterocycles. The highest BCUT2D eigenvalue weighted by atomic mass is 32.2. The summed E-state index contributed by atoms with van der Waals surface area (Å²) in [5.41, 5.74) is 2.15. The normalized spacial score (nSPS) is 21.6. The predicted molar refractivity (Wildman–Crippen MR) is 138 cm³/mol. The first kappa shape index (κ1) is 24.4. The van der Waals surface area contributed by atoms with E-state index in [4.69, 9.17) is 4.74 Å². The Labute approximate surface area is 206 Å². The number of likely N-dealkylation sites (tertiary alicyclic amines) is 1. The zero-order chi connectivity index (χ0) is 24.1. The average molecular weight is 480 g/mol. The zero-order valence-electron chi connectivity index (χ0n) is 20.1. The number of anilines is 1. The third kappa shape index (κ3) is 6.21. The van der Waals surface area contributed by atoms with E-state index in [0.29, 0.717) is 22.7 Å². The molecule has 4 rings (SSSR count).